The van der Waals surface area contributed by atoms with Crippen LogP contribution >= 0.6 is 0 Å². The second-order valence-corrected chi connectivity index (χ2v) is 5.12. The molecule has 2 unspecified atom stereocenters. The Kier molecular flexibility index (Phi) is 9.98. The molecular weight excluding hydrogens is 232 g/mol. The van der Waals surface area contributed by atoms with Crippen molar-refractivity contribution in [2.45, 2.75) is 59.7 Å². The standard InChI is InChI=1S/C14H28O4/c1-6-7-16-9-12(4)17-10-13(5)18-14(15)8-11(2)3/h11-13H,6-10H2,1-5H3. The minimum absolute atomic E-state index is 0.0304. The molecule has 4 heteroatoms. The average molecular weight is 260 g/mol. The molecule has 0 amide bonds. The van der Waals surface area contributed by atoms with Crippen molar-refractivity contribution in [1.82, 2.24) is 0 Å². The number of carbonyl (C=O) groups excluding carboxylic acids is 1. The first-order valence-electron chi connectivity index (χ1n) is 6.84. The van der Waals surface area contributed by atoms with Crippen LogP contribution in [-0.2, 0) is 19.0 Å². The Hall–Kier alpha value is -0.610. The molecule has 0 aromatic heterocycles. The first-order chi connectivity index (χ1) is 8.45. The van der Waals surface area contributed by atoms with Crippen LogP contribution in [0.15, 0.2) is 0 Å². The fraction of sp³-hybridized carbons (Fsp3) is 0.929. The molecule has 0 aromatic carbocycles. The number of rotatable bonds is 10. The van der Waals surface area contributed by atoms with E-state index in [2.05, 4.69) is 6.92 Å². The van der Waals surface area contributed by atoms with Crippen molar-refractivity contribution >= 4 is 5.97 Å². The van der Waals surface area contributed by atoms with Crippen LogP contribution in [0.4, 0.5) is 0 Å². The van der Waals surface area contributed by atoms with E-state index < -0.39 is 0 Å². The van der Waals surface area contributed by atoms with Gasteiger partial charge in [-0.3, -0.25) is 4.79 Å². The predicted molar refractivity (Wildman–Crippen MR) is 71.5 cm³/mol. The van der Waals surface area contributed by atoms with Gasteiger partial charge < -0.3 is 14.2 Å². The SMILES string of the molecule is CCCOCC(C)OCC(C)OC(=O)CC(C)C. The molecule has 108 valence electrons. The Morgan fingerprint density at radius 3 is 2.28 bits per heavy atom. The Morgan fingerprint density at radius 2 is 1.72 bits per heavy atom. The highest BCUT2D eigenvalue weighted by atomic mass is 16.6. The largest absolute Gasteiger partial charge is 0.460 e. The van der Waals surface area contributed by atoms with Gasteiger partial charge in [0.1, 0.15) is 6.10 Å². The molecule has 0 aliphatic heterocycles. The van der Waals surface area contributed by atoms with E-state index >= 15 is 0 Å². The van der Waals surface area contributed by atoms with Crippen LogP contribution in [0.3, 0.4) is 0 Å². The van der Waals surface area contributed by atoms with Gasteiger partial charge in [-0.2, -0.15) is 0 Å². The minimum atomic E-state index is -0.204. The third-order valence-electron chi connectivity index (χ3n) is 2.22. The molecule has 0 bridgehead atoms. The van der Waals surface area contributed by atoms with E-state index in [0.717, 1.165) is 13.0 Å². The monoisotopic (exact) mass is 260 g/mol. The Labute approximate surface area is 111 Å². The van der Waals surface area contributed by atoms with Crippen molar-refractivity contribution < 1.29 is 19.0 Å². The molecule has 0 aromatic rings. The van der Waals surface area contributed by atoms with Gasteiger partial charge in [0.15, 0.2) is 0 Å². The summed E-state index contributed by atoms with van der Waals surface area (Å²) in [5.41, 5.74) is 0. The normalized spacial score (nSPS) is 14.6. The number of hydrogen-bond acceptors (Lipinski definition) is 4. The van der Waals surface area contributed by atoms with E-state index in [4.69, 9.17) is 14.2 Å². The van der Waals surface area contributed by atoms with Gasteiger partial charge in [0.2, 0.25) is 0 Å². The molecule has 0 aliphatic carbocycles. The van der Waals surface area contributed by atoms with Crippen LogP contribution < -0.4 is 0 Å². The molecule has 0 heterocycles. The Bertz CT molecular complexity index is 216. The van der Waals surface area contributed by atoms with Crippen molar-refractivity contribution in [2.75, 3.05) is 19.8 Å². The summed E-state index contributed by atoms with van der Waals surface area (Å²) in [5.74, 6) is 0.169. The van der Waals surface area contributed by atoms with Crippen LogP contribution in [0.5, 0.6) is 0 Å². The zero-order chi connectivity index (χ0) is 14.0. The first-order valence-corrected chi connectivity index (χ1v) is 6.84. The molecule has 0 spiro atoms. The lowest BCUT2D eigenvalue weighted by molar-refractivity contribution is -0.153. The van der Waals surface area contributed by atoms with Gasteiger partial charge in [0.05, 0.1) is 19.3 Å². The molecule has 0 rings (SSSR count). The average Bonchev–Trinajstić information content (AvgIpc) is 2.25. The maximum absolute atomic E-state index is 11.4. The highest BCUT2D eigenvalue weighted by Gasteiger charge is 2.12. The van der Waals surface area contributed by atoms with E-state index in [9.17, 15) is 4.79 Å². The maximum atomic E-state index is 11.4. The van der Waals surface area contributed by atoms with Gasteiger partial charge in [-0.25, -0.2) is 0 Å². The lowest BCUT2D eigenvalue weighted by atomic mass is 10.1. The van der Waals surface area contributed by atoms with Gasteiger partial charge in [-0.1, -0.05) is 20.8 Å². The lowest BCUT2D eigenvalue weighted by Crippen LogP contribution is -2.25. The van der Waals surface area contributed by atoms with E-state index in [1.165, 1.54) is 0 Å². The molecule has 2 atom stereocenters. The number of carbonyl (C=O) groups is 1. The summed E-state index contributed by atoms with van der Waals surface area (Å²) < 4.78 is 16.2. The fourth-order valence-electron chi connectivity index (χ4n) is 1.38. The van der Waals surface area contributed by atoms with Crippen molar-refractivity contribution in [1.29, 1.82) is 0 Å². The number of esters is 1. The van der Waals surface area contributed by atoms with Gasteiger partial charge in [0, 0.05) is 13.0 Å². The van der Waals surface area contributed by atoms with Gasteiger partial charge >= 0.3 is 5.97 Å². The van der Waals surface area contributed by atoms with Crippen LogP contribution in [0, 0.1) is 5.92 Å². The van der Waals surface area contributed by atoms with Gasteiger partial charge in [0.25, 0.3) is 0 Å². The summed E-state index contributed by atoms with van der Waals surface area (Å²) in [7, 11) is 0. The molecule has 0 saturated carbocycles. The zero-order valence-electron chi connectivity index (χ0n) is 12.4. The molecule has 0 fully saturated rings. The quantitative estimate of drug-likeness (QED) is 0.447. The van der Waals surface area contributed by atoms with Crippen molar-refractivity contribution in [3.05, 3.63) is 0 Å². The fourth-order valence-corrected chi connectivity index (χ4v) is 1.38. The first kappa shape index (κ1) is 17.4. The predicted octanol–water partition coefficient (Wildman–Crippen LogP) is 2.80. The lowest BCUT2D eigenvalue weighted by Gasteiger charge is -2.18. The van der Waals surface area contributed by atoms with E-state index in [0.29, 0.717) is 25.6 Å². The van der Waals surface area contributed by atoms with Crippen molar-refractivity contribution in [3.63, 3.8) is 0 Å². The topological polar surface area (TPSA) is 44.8 Å². The van der Waals surface area contributed by atoms with Crippen LogP contribution in [-0.4, -0.2) is 38.0 Å². The summed E-state index contributed by atoms with van der Waals surface area (Å²) in [5, 5.41) is 0. The summed E-state index contributed by atoms with van der Waals surface area (Å²) in [4.78, 5) is 11.4. The van der Waals surface area contributed by atoms with E-state index in [1.807, 2.05) is 27.7 Å². The maximum Gasteiger partial charge on any atom is 0.306 e. The second kappa shape index (κ2) is 10.3. The summed E-state index contributed by atoms with van der Waals surface area (Å²) in [6.45, 7) is 11.6. The summed E-state index contributed by atoms with van der Waals surface area (Å²) >= 11 is 0. The van der Waals surface area contributed by atoms with Crippen LogP contribution in [0.2, 0.25) is 0 Å². The summed E-state index contributed by atoms with van der Waals surface area (Å²) in [6.07, 6.45) is 1.29. The third kappa shape index (κ3) is 10.5. The van der Waals surface area contributed by atoms with E-state index in [-0.39, 0.29) is 18.2 Å². The smallest absolute Gasteiger partial charge is 0.306 e. The Morgan fingerprint density at radius 1 is 1.06 bits per heavy atom. The highest BCUT2D eigenvalue weighted by molar-refractivity contribution is 5.69. The number of ether oxygens (including phenoxy) is 3. The highest BCUT2D eigenvalue weighted by Crippen LogP contribution is 2.04. The summed E-state index contributed by atoms with van der Waals surface area (Å²) in [6, 6.07) is 0. The minimum Gasteiger partial charge on any atom is -0.460 e. The van der Waals surface area contributed by atoms with Crippen LogP contribution in [0.25, 0.3) is 0 Å². The Balaban J connectivity index is 3.62. The molecule has 0 saturated heterocycles. The molecule has 0 N–H and O–H groups in total. The molecule has 0 radical (unpaired) electrons. The second-order valence-electron chi connectivity index (χ2n) is 5.12. The molecule has 18 heavy (non-hydrogen) atoms. The van der Waals surface area contributed by atoms with E-state index in [1.54, 1.807) is 0 Å². The van der Waals surface area contributed by atoms with Gasteiger partial charge in [-0.05, 0) is 26.2 Å². The van der Waals surface area contributed by atoms with Gasteiger partial charge in [-0.15, -0.1) is 0 Å². The number of hydrogen-bond donors (Lipinski definition) is 0. The van der Waals surface area contributed by atoms with Crippen LogP contribution in [0.1, 0.15) is 47.5 Å². The molecule has 4 nitrogen and oxygen atoms in total. The van der Waals surface area contributed by atoms with Crippen molar-refractivity contribution in [3.8, 4) is 0 Å². The zero-order valence-corrected chi connectivity index (χ0v) is 12.4. The molecular formula is C14H28O4. The van der Waals surface area contributed by atoms with Crippen molar-refractivity contribution in [2.24, 2.45) is 5.92 Å². The third-order valence-corrected chi connectivity index (χ3v) is 2.22. The molecule has 0 aliphatic rings.